The van der Waals surface area contributed by atoms with Crippen LogP contribution in [0, 0.1) is 0 Å². The van der Waals surface area contributed by atoms with Crippen molar-refractivity contribution in [2.24, 2.45) is 0 Å². The lowest BCUT2D eigenvalue weighted by Gasteiger charge is -2.09. The lowest BCUT2D eigenvalue weighted by molar-refractivity contribution is -0.117. The number of nitrogens with zero attached hydrogens (tertiary/aromatic N) is 2. The second-order valence-corrected chi connectivity index (χ2v) is 5.47. The van der Waals surface area contributed by atoms with Crippen molar-refractivity contribution < 1.29 is 4.79 Å². The van der Waals surface area contributed by atoms with Gasteiger partial charge in [-0.1, -0.05) is 24.8 Å². The number of likely N-dealkylation sites (N-methyl/N-ethyl adjacent to an activating group) is 1. The van der Waals surface area contributed by atoms with Crippen LogP contribution in [0.4, 0.5) is 5.69 Å². The van der Waals surface area contributed by atoms with E-state index in [1.54, 1.807) is 18.0 Å². The Balaban J connectivity index is 1.84. The molecule has 20 heavy (non-hydrogen) atoms. The van der Waals surface area contributed by atoms with Crippen LogP contribution in [0.15, 0.2) is 46.7 Å². The van der Waals surface area contributed by atoms with Gasteiger partial charge in [-0.3, -0.25) is 4.79 Å². The minimum absolute atomic E-state index is 0.00559. The van der Waals surface area contributed by atoms with E-state index in [2.05, 4.69) is 20.6 Å². The second kappa shape index (κ2) is 5.60. The van der Waals surface area contributed by atoms with Gasteiger partial charge < -0.3 is 10.6 Å². The third-order valence-corrected chi connectivity index (χ3v) is 3.98. The standard InChI is InChI=1S/C14H14N4OS/c1-2-16-13-10-4-3-9(7-11(10)18-14(13)19)20-12-5-6-15-8-17-12/h3-8,13,16H,2H2,1H3,(H,18,19). The molecule has 102 valence electrons. The van der Waals surface area contributed by atoms with Crippen molar-refractivity contribution in [1.29, 1.82) is 0 Å². The number of nitrogens with one attached hydrogen (secondary N) is 2. The van der Waals surface area contributed by atoms with E-state index < -0.39 is 0 Å². The normalized spacial score (nSPS) is 16.9. The quantitative estimate of drug-likeness (QED) is 0.844. The molecule has 5 nitrogen and oxygen atoms in total. The Labute approximate surface area is 121 Å². The summed E-state index contributed by atoms with van der Waals surface area (Å²) in [6.45, 7) is 2.75. The van der Waals surface area contributed by atoms with Crippen molar-refractivity contribution in [3.63, 3.8) is 0 Å². The van der Waals surface area contributed by atoms with Crippen LogP contribution in [0.1, 0.15) is 18.5 Å². The molecule has 0 saturated heterocycles. The first-order valence-corrected chi connectivity index (χ1v) is 7.21. The summed E-state index contributed by atoms with van der Waals surface area (Å²) in [5.41, 5.74) is 1.88. The van der Waals surface area contributed by atoms with Gasteiger partial charge in [0.2, 0.25) is 5.91 Å². The predicted octanol–water partition coefficient (Wildman–Crippen LogP) is 2.23. The molecular weight excluding hydrogens is 272 g/mol. The van der Waals surface area contributed by atoms with Crippen molar-refractivity contribution >= 4 is 23.4 Å². The minimum atomic E-state index is -0.242. The number of anilines is 1. The van der Waals surface area contributed by atoms with Gasteiger partial charge in [0.15, 0.2) is 0 Å². The number of hydrogen-bond donors (Lipinski definition) is 2. The molecule has 2 heterocycles. The van der Waals surface area contributed by atoms with Gasteiger partial charge in [0.25, 0.3) is 0 Å². The maximum atomic E-state index is 11.9. The first kappa shape index (κ1) is 13.1. The van der Waals surface area contributed by atoms with Crippen LogP contribution in [0.2, 0.25) is 0 Å². The second-order valence-electron chi connectivity index (χ2n) is 4.38. The average molecular weight is 286 g/mol. The van der Waals surface area contributed by atoms with Crippen LogP contribution in [0.3, 0.4) is 0 Å². The van der Waals surface area contributed by atoms with Gasteiger partial charge in [0, 0.05) is 22.3 Å². The SMILES string of the molecule is CCNC1C(=O)Nc2cc(Sc3ccncn3)ccc21. The number of carbonyl (C=O) groups excluding carboxylic acids is 1. The molecule has 1 aromatic carbocycles. The van der Waals surface area contributed by atoms with E-state index in [0.29, 0.717) is 0 Å². The molecule has 1 aromatic heterocycles. The fourth-order valence-electron chi connectivity index (χ4n) is 2.17. The fraction of sp³-hybridized carbons (Fsp3) is 0.214. The van der Waals surface area contributed by atoms with Gasteiger partial charge in [-0.05, 0) is 24.7 Å². The zero-order chi connectivity index (χ0) is 13.9. The molecule has 1 atom stereocenters. The van der Waals surface area contributed by atoms with Gasteiger partial charge in [-0.2, -0.15) is 0 Å². The Morgan fingerprint density at radius 1 is 1.40 bits per heavy atom. The molecule has 0 aliphatic carbocycles. The molecule has 3 rings (SSSR count). The molecule has 1 aliphatic heterocycles. The van der Waals surface area contributed by atoms with E-state index in [1.165, 1.54) is 6.33 Å². The van der Waals surface area contributed by atoms with Gasteiger partial charge in [-0.25, -0.2) is 9.97 Å². The van der Waals surface area contributed by atoms with Crippen molar-refractivity contribution in [3.8, 4) is 0 Å². The molecule has 2 N–H and O–H groups in total. The molecule has 1 unspecified atom stereocenters. The maximum Gasteiger partial charge on any atom is 0.246 e. The van der Waals surface area contributed by atoms with Crippen LogP contribution in [0.5, 0.6) is 0 Å². The number of fused-ring (bicyclic) bond motifs is 1. The number of carbonyl (C=O) groups is 1. The molecule has 0 spiro atoms. The average Bonchev–Trinajstić information content (AvgIpc) is 2.76. The predicted molar refractivity (Wildman–Crippen MR) is 77.6 cm³/mol. The highest BCUT2D eigenvalue weighted by atomic mass is 32.2. The van der Waals surface area contributed by atoms with Crippen LogP contribution < -0.4 is 10.6 Å². The molecule has 6 heteroatoms. The van der Waals surface area contributed by atoms with E-state index in [1.807, 2.05) is 31.2 Å². The fourth-order valence-corrected chi connectivity index (χ4v) is 2.95. The van der Waals surface area contributed by atoms with Crippen molar-refractivity contribution in [3.05, 3.63) is 42.4 Å². The summed E-state index contributed by atoms with van der Waals surface area (Å²) < 4.78 is 0. The topological polar surface area (TPSA) is 66.9 Å². The van der Waals surface area contributed by atoms with Crippen molar-refractivity contribution in [2.45, 2.75) is 22.9 Å². The Morgan fingerprint density at radius 2 is 2.30 bits per heavy atom. The van der Waals surface area contributed by atoms with Gasteiger partial charge in [-0.15, -0.1) is 0 Å². The largest absolute Gasteiger partial charge is 0.324 e. The van der Waals surface area contributed by atoms with Crippen LogP contribution in [0.25, 0.3) is 0 Å². The van der Waals surface area contributed by atoms with E-state index in [4.69, 9.17) is 0 Å². The maximum absolute atomic E-state index is 11.9. The van der Waals surface area contributed by atoms with E-state index in [9.17, 15) is 4.79 Å². The molecule has 1 aliphatic rings. The van der Waals surface area contributed by atoms with Gasteiger partial charge in [0.05, 0.1) is 0 Å². The molecule has 0 saturated carbocycles. The van der Waals surface area contributed by atoms with Crippen LogP contribution in [-0.4, -0.2) is 22.4 Å². The monoisotopic (exact) mass is 286 g/mol. The lowest BCUT2D eigenvalue weighted by Crippen LogP contribution is -2.27. The number of aromatic nitrogens is 2. The third kappa shape index (κ3) is 2.52. The summed E-state index contributed by atoms with van der Waals surface area (Å²) in [6, 6.07) is 7.60. The highest BCUT2D eigenvalue weighted by Crippen LogP contribution is 2.35. The van der Waals surface area contributed by atoms with Crippen molar-refractivity contribution in [1.82, 2.24) is 15.3 Å². The minimum Gasteiger partial charge on any atom is -0.324 e. The Morgan fingerprint density at radius 3 is 3.05 bits per heavy atom. The van der Waals surface area contributed by atoms with Crippen molar-refractivity contribution in [2.75, 3.05) is 11.9 Å². The molecule has 2 aromatic rings. The van der Waals surface area contributed by atoms with Gasteiger partial charge in [0.1, 0.15) is 17.4 Å². The van der Waals surface area contributed by atoms with Crippen LogP contribution in [-0.2, 0) is 4.79 Å². The number of amides is 1. The zero-order valence-electron chi connectivity index (χ0n) is 11.0. The van der Waals surface area contributed by atoms with E-state index in [-0.39, 0.29) is 11.9 Å². The summed E-state index contributed by atoms with van der Waals surface area (Å²) in [4.78, 5) is 21.0. The molecule has 0 fully saturated rings. The Kier molecular flexibility index (Phi) is 3.66. The Hall–Kier alpha value is -1.92. The first-order chi connectivity index (χ1) is 9.78. The zero-order valence-corrected chi connectivity index (χ0v) is 11.8. The molecule has 0 bridgehead atoms. The number of rotatable bonds is 4. The van der Waals surface area contributed by atoms with E-state index in [0.717, 1.165) is 27.7 Å². The smallest absolute Gasteiger partial charge is 0.246 e. The Bertz CT molecular complexity index is 632. The summed E-state index contributed by atoms with van der Waals surface area (Å²) in [6.07, 6.45) is 3.24. The third-order valence-electron chi connectivity index (χ3n) is 3.04. The summed E-state index contributed by atoms with van der Waals surface area (Å²) in [5, 5.41) is 6.97. The van der Waals surface area contributed by atoms with Crippen LogP contribution >= 0.6 is 11.8 Å². The summed E-state index contributed by atoms with van der Waals surface area (Å²) in [7, 11) is 0. The van der Waals surface area contributed by atoms with E-state index >= 15 is 0 Å². The lowest BCUT2D eigenvalue weighted by atomic mass is 10.1. The highest BCUT2D eigenvalue weighted by molar-refractivity contribution is 7.99. The highest BCUT2D eigenvalue weighted by Gasteiger charge is 2.29. The number of benzene rings is 1. The molecule has 1 amide bonds. The summed E-state index contributed by atoms with van der Waals surface area (Å²) in [5.74, 6) is 0.00559. The first-order valence-electron chi connectivity index (χ1n) is 6.40. The number of hydrogen-bond acceptors (Lipinski definition) is 5. The molecule has 0 radical (unpaired) electrons. The summed E-state index contributed by atoms with van der Waals surface area (Å²) >= 11 is 1.55. The van der Waals surface area contributed by atoms with Gasteiger partial charge >= 0.3 is 0 Å². The molecular formula is C14H14N4OS.